The predicted molar refractivity (Wildman–Crippen MR) is 99.3 cm³/mol. The highest BCUT2D eigenvalue weighted by molar-refractivity contribution is 7.15. The smallest absolute Gasteiger partial charge is 0.273 e. The zero-order chi connectivity index (χ0) is 18.5. The Morgan fingerprint density at radius 2 is 2.15 bits per heavy atom. The number of para-hydroxylation sites is 1. The first kappa shape index (κ1) is 18.0. The van der Waals surface area contributed by atoms with Crippen molar-refractivity contribution in [3.8, 4) is 0 Å². The summed E-state index contributed by atoms with van der Waals surface area (Å²) in [6.07, 6.45) is 2.45. The molecule has 0 radical (unpaired) electrons. The number of thiazole rings is 1. The zero-order valence-corrected chi connectivity index (χ0v) is 15.2. The topological polar surface area (TPSA) is 109 Å². The fourth-order valence-corrected chi connectivity index (χ4v) is 3.16. The van der Waals surface area contributed by atoms with Crippen LogP contribution >= 0.6 is 11.3 Å². The molecule has 0 spiro atoms. The fourth-order valence-electron chi connectivity index (χ4n) is 2.36. The summed E-state index contributed by atoms with van der Waals surface area (Å²) in [7, 11) is 1.64. The summed E-state index contributed by atoms with van der Waals surface area (Å²) in [5, 5.41) is 13.4. The van der Waals surface area contributed by atoms with Crippen molar-refractivity contribution < 1.29 is 14.3 Å². The Morgan fingerprint density at radius 3 is 2.96 bits per heavy atom. The van der Waals surface area contributed by atoms with E-state index in [1.807, 2.05) is 18.2 Å². The molecule has 2 heterocycles. The number of rotatable bonds is 7. The zero-order valence-electron chi connectivity index (χ0n) is 14.4. The van der Waals surface area contributed by atoms with Crippen LogP contribution in [0.4, 0.5) is 5.13 Å². The maximum absolute atomic E-state index is 12.4. The molecule has 0 fully saturated rings. The summed E-state index contributed by atoms with van der Waals surface area (Å²) in [5.41, 5.74) is 1.03. The minimum absolute atomic E-state index is 0.261. The average Bonchev–Trinajstić information content (AvgIpc) is 3.26. The molecule has 8 nitrogen and oxygen atoms in total. The van der Waals surface area contributed by atoms with Crippen LogP contribution in [0.15, 0.2) is 30.5 Å². The Balaban J connectivity index is 1.60. The standard InChI is InChI=1S/C17H19N5O3S/c1-10(15(23)20-17-18-9-11(26-17)7-8-25-2)19-16(24)14-12-5-3-4-6-13(12)21-22-14/h3-6,9-10H,7-8H2,1-2H3,(H,19,24)(H,21,22)(H,18,20,23). The number of benzene rings is 1. The molecule has 3 aromatic rings. The van der Waals surface area contributed by atoms with E-state index in [1.165, 1.54) is 11.3 Å². The van der Waals surface area contributed by atoms with E-state index in [1.54, 1.807) is 26.3 Å². The summed E-state index contributed by atoms with van der Waals surface area (Å²) in [5.74, 6) is -0.754. The number of nitrogens with one attached hydrogen (secondary N) is 3. The molecular weight excluding hydrogens is 354 g/mol. The quantitative estimate of drug-likeness (QED) is 0.587. The van der Waals surface area contributed by atoms with E-state index in [2.05, 4.69) is 25.8 Å². The number of amides is 2. The van der Waals surface area contributed by atoms with E-state index in [0.717, 1.165) is 16.8 Å². The van der Waals surface area contributed by atoms with Gasteiger partial charge in [-0.2, -0.15) is 5.10 Å². The van der Waals surface area contributed by atoms with Crippen molar-refractivity contribution in [2.24, 2.45) is 0 Å². The van der Waals surface area contributed by atoms with Crippen molar-refractivity contribution >= 4 is 39.2 Å². The van der Waals surface area contributed by atoms with Crippen LogP contribution in [0.1, 0.15) is 22.3 Å². The first-order chi connectivity index (χ1) is 12.6. The minimum atomic E-state index is -0.732. The van der Waals surface area contributed by atoms with Gasteiger partial charge in [0.15, 0.2) is 10.8 Å². The Kier molecular flexibility index (Phi) is 5.59. The molecule has 2 amide bonds. The molecule has 2 aromatic heterocycles. The van der Waals surface area contributed by atoms with E-state index in [4.69, 9.17) is 4.74 Å². The van der Waals surface area contributed by atoms with Gasteiger partial charge < -0.3 is 15.4 Å². The van der Waals surface area contributed by atoms with Gasteiger partial charge in [0.2, 0.25) is 5.91 Å². The third-order valence-electron chi connectivity index (χ3n) is 3.76. The number of carbonyl (C=O) groups is 2. The number of nitrogens with zero attached hydrogens (tertiary/aromatic N) is 2. The summed E-state index contributed by atoms with van der Waals surface area (Å²) < 4.78 is 5.02. The van der Waals surface area contributed by atoms with Crippen LogP contribution in [0.5, 0.6) is 0 Å². The van der Waals surface area contributed by atoms with Gasteiger partial charge in [-0.05, 0) is 13.0 Å². The van der Waals surface area contributed by atoms with Crippen LogP contribution in [0.2, 0.25) is 0 Å². The number of hydrogen-bond donors (Lipinski definition) is 3. The second-order valence-corrected chi connectivity index (χ2v) is 6.79. The van der Waals surface area contributed by atoms with E-state index in [9.17, 15) is 9.59 Å². The molecule has 9 heteroatoms. The average molecular weight is 373 g/mol. The molecule has 0 aliphatic carbocycles. The van der Waals surface area contributed by atoms with Gasteiger partial charge in [0.1, 0.15) is 6.04 Å². The van der Waals surface area contributed by atoms with Crippen molar-refractivity contribution in [1.29, 1.82) is 0 Å². The lowest BCUT2D eigenvalue weighted by Crippen LogP contribution is -2.41. The van der Waals surface area contributed by atoms with Crippen molar-refractivity contribution in [1.82, 2.24) is 20.5 Å². The summed E-state index contributed by atoms with van der Waals surface area (Å²) in [6.45, 7) is 2.21. The van der Waals surface area contributed by atoms with E-state index < -0.39 is 11.9 Å². The predicted octanol–water partition coefficient (Wildman–Crippen LogP) is 1.97. The van der Waals surface area contributed by atoms with Crippen LogP contribution in [-0.2, 0) is 16.0 Å². The van der Waals surface area contributed by atoms with Gasteiger partial charge in [-0.1, -0.05) is 18.2 Å². The fraction of sp³-hybridized carbons (Fsp3) is 0.294. The lowest BCUT2D eigenvalue weighted by atomic mass is 10.2. The monoisotopic (exact) mass is 373 g/mol. The number of hydrogen-bond acceptors (Lipinski definition) is 6. The van der Waals surface area contributed by atoms with Crippen molar-refractivity contribution in [3.63, 3.8) is 0 Å². The van der Waals surface area contributed by atoms with Gasteiger partial charge in [0.25, 0.3) is 5.91 Å². The first-order valence-electron chi connectivity index (χ1n) is 8.07. The summed E-state index contributed by atoms with van der Waals surface area (Å²) in [4.78, 5) is 29.9. The van der Waals surface area contributed by atoms with Crippen molar-refractivity contribution in [2.75, 3.05) is 19.0 Å². The second kappa shape index (κ2) is 8.07. The van der Waals surface area contributed by atoms with Gasteiger partial charge in [-0.3, -0.25) is 14.7 Å². The molecular formula is C17H19N5O3S. The van der Waals surface area contributed by atoms with Crippen LogP contribution in [0, 0.1) is 0 Å². The number of methoxy groups -OCH3 is 1. The third-order valence-corrected chi connectivity index (χ3v) is 4.74. The molecule has 1 aromatic carbocycles. The number of aromatic nitrogens is 3. The molecule has 0 bridgehead atoms. The highest BCUT2D eigenvalue weighted by atomic mass is 32.1. The number of H-pyrrole nitrogens is 1. The molecule has 136 valence electrons. The summed E-state index contributed by atoms with van der Waals surface area (Å²) in [6, 6.07) is 6.58. The molecule has 0 saturated carbocycles. The SMILES string of the molecule is COCCc1cnc(NC(=O)C(C)NC(=O)c2n[nH]c3ccccc23)s1. The third kappa shape index (κ3) is 4.06. The van der Waals surface area contributed by atoms with Gasteiger partial charge in [-0.15, -0.1) is 11.3 Å². The molecule has 0 saturated heterocycles. The highest BCUT2D eigenvalue weighted by Gasteiger charge is 2.20. The molecule has 0 aliphatic heterocycles. The second-order valence-electron chi connectivity index (χ2n) is 5.68. The maximum Gasteiger partial charge on any atom is 0.273 e. The van der Waals surface area contributed by atoms with Gasteiger partial charge in [-0.25, -0.2) is 4.98 Å². The Bertz CT molecular complexity index is 920. The molecule has 0 aliphatic rings. The maximum atomic E-state index is 12.4. The van der Waals surface area contributed by atoms with Crippen molar-refractivity contribution in [2.45, 2.75) is 19.4 Å². The van der Waals surface area contributed by atoms with E-state index in [-0.39, 0.29) is 11.6 Å². The lowest BCUT2D eigenvalue weighted by molar-refractivity contribution is -0.117. The lowest BCUT2D eigenvalue weighted by Gasteiger charge is -2.12. The number of aromatic amines is 1. The Labute approximate surface area is 154 Å². The van der Waals surface area contributed by atoms with Crippen LogP contribution in [0.3, 0.4) is 0 Å². The number of anilines is 1. The Morgan fingerprint density at radius 1 is 1.35 bits per heavy atom. The van der Waals surface area contributed by atoms with Gasteiger partial charge in [0, 0.05) is 30.0 Å². The largest absolute Gasteiger partial charge is 0.384 e. The van der Waals surface area contributed by atoms with Crippen molar-refractivity contribution in [3.05, 3.63) is 41.0 Å². The van der Waals surface area contributed by atoms with Gasteiger partial charge in [0.05, 0.1) is 12.1 Å². The number of ether oxygens (including phenoxy) is 1. The van der Waals surface area contributed by atoms with Crippen LogP contribution in [0.25, 0.3) is 10.9 Å². The molecule has 1 unspecified atom stereocenters. The molecule has 3 N–H and O–H groups in total. The molecule has 26 heavy (non-hydrogen) atoms. The summed E-state index contributed by atoms with van der Waals surface area (Å²) >= 11 is 1.38. The highest BCUT2D eigenvalue weighted by Crippen LogP contribution is 2.19. The number of fused-ring (bicyclic) bond motifs is 1. The Hall–Kier alpha value is -2.78. The molecule has 3 rings (SSSR count). The van der Waals surface area contributed by atoms with Crippen LogP contribution in [-0.4, -0.2) is 46.8 Å². The van der Waals surface area contributed by atoms with Gasteiger partial charge >= 0.3 is 0 Å². The van der Waals surface area contributed by atoms with E-state index >= 15 is 0 Å². The first-order valence-corrected chi connectivity index (χ1v) is 8.88. The van der Waals surface area contributed by atoms with Crippen LogP contribution < -0.4 is 10.6 Å². The normalized spacial score (nSPS) is 12.1. The van der Waals surface area contributed by atoms with E-state index in [0.29, 0.717) is 17.1 Å². The minimum Gasteiger partial charge on any atom is -0.384 e. The molecule has 1 atom stereocenters. The number of carbonyl (C=O) groups excluding carboxylic acids is 2.